The molecule has 0 fully saturated rings. The van der Waals surface area contributed by atoms with Crippen molar-refractivity contribution < 1.29 is 4.79 Å². The third-order valence-electron chi connectivity index (χ3n) is 4.68. The van der Waals surface area contributed by atoms with Gasteiger partial charge in [0, 0.05) is 17.1 Å². The Bertz CT molecular complexity index is 1120. The second-order valence-corrected chi connectivity index (χ2v) is 7.17. The lowest BCUT2D eigenvalue weighted by atomic mass is 10.2. The fourth-order valence-corrected chi connectivity index (χ4v) is 3.56. The number of hydrogen-bond acceptors (Lipinski definition) is 2. The molecule has 0 aliphatic heterocycles. The molecular weight excluding hydrogens is 370 g/mol. The molecule has 0 spiro atoms. The Morgan fingerprint density at radius 2 is 1.79 bits per heavy atom. The van der Waals surface area contributed by atoms with E-state index in [2.05, 4.69) is 9.88 Å². The minimum absolute atomic E-state index is 0.116. The summed E-state index contributed by atoms with van der Waals surface area (Å²) < 4.78 is 2.14. The number of rotatable bonds is 5. The van der Waals surface area contributed by atoms with Gasteiger partial charge in [0.05, 0.1) is 17.1 Å². The van der Waals surface area contributed by atoms with Crippen LogP contribution in [-0.4, -0.2) is 15.5 Å². The lowest BCUT2D eigenvalue weighted by molar-refractivity contribution is 0.0938. The van der Waals surface area contributed by atoms with Crippen molar-refractivity contribution >= 4 is 28.5 Å². The van der Waals surface area contributed by atoms with E-state index in [1.54, 1.807) is 12.1 Å². The molecule has 1 amide bonds. The van der Waals surface area contributed by atoms with Crippen LogP contribution in [0.3, 0.4) is 0 Å². The van der Waals surface area contributed by atoms with Gasteiger partial charge in [0.1, 0.15) is 5.82 Å². The molecule has 0 saturated heterocycles. The SMILES string of the molecule is CC(NC(=O)c1ccccc1)c1nc2ccccc2n1Cc1cccc(Cl)c1. The molecule has 3 aromatic carbocycles. The predicted molar refractivity (Wildman–Crippen MR) is 113 cm³/mol. The molecule has 4 nitrogen and oxygen atoms in total. The van der Waals surface area contributed by atoms with Crippen LogP contribution < -0.4 is 5.32 Å². The zero-order valence-electron chi connectivity index (χ0n) is 15.5. The van der Waals surface area contributed by atoms with Crippen molar-refractivity contribution in [2.24, 2.45) is 0 Å². The van der Waals surface area contributed by atoms with Crippen molar-refractivity contribution in [2.75, 3.05) is 0 Å². The van der Waals surface area contributed by atoms with Gasteiger partial charge in [-0.1, -0.05) is 54.1 Å². The number of carbonyl (C=O) groups excluding carboxylic acids is 1. The van der Waals surface area contributed by atoms with Gasteiger partial charge in [-0.25, -0.2) is 4.98 Å². The molecule has 1 aromatic heterocycles. The first kappa shape index (κ1) is 18.3. The number of carbonyl (C=O) groups is 1. The molecule has 4 aromatic rings. The van der Waals surface area contributed by atoms with Crippen LogP contribution in [0.15, 0.2) is 78.9 Å². The summed E-state index contributed by atoms with van der Waals surface area (Å²) in [4.78, 5) is 17.4. The molecule has 140 valence electrons. The van der Waals surface area contributed by atoms with Crippen LogP contribution >= 0.6 is 11.6 Å². The van der Waals surface area contributed by atoms with Crippen molar-refractivity contribution in [3.63, 3.8) is 0 Å². The van der Waals surface area contributed by atoms with E-state index in [4.69, 9.17) is 16.6 Å². The Morgan fingerprint density at radius 1 is 1.04 bits per heavy atom. The van der Waals surface area contributed by atoms with E-state index in [9.17, 15) is 4.79 Å². The van der Waals surface area contributed by atoms with E-state index in [0.717, 1.165) is 22.4 Å². The first-order valence-electron chi connectivity index (χ1n) is 9.17. The van der Waals surface area contributed by atoms with Crippen molar-refractivity contribution in [3.8, 4) is 0 Å². The van der Waals surface area contributed by atoms with Crippen LogP contribution in [0.4, 0.5) is 0 Å². The second-order valence-electron chi connectivity index (χ2n) is 6.74. The average Bonchev–Trinajstić information content (AvgIpc) is 3.07. The van der Waals surface area contributed by atoms with Crippen LogP contribution in [0.2, 0.25) is 5.02 Å². The third kappa shape index (κ3) is 3.78. The summed E-state index contributed by atoms with van der Waals surface area (Å²) in [5, 5.41) is 3.77. The van der Waals surface area contributed by atoms with E-state index in [1.807, 2.05) is 73.7 Å². The molecule has 4 rings (SSSR count). The molecule has 28 heavy (non-hydrogen) atoms. The number of benzene rings is 3. The monoisotopic (exact) mass is 389 g/mol. The van der Waals surface area contributed by atoms with E-state index in [1.165, 1.54) is 0 Å². The topological polar surface area (TPSA) is 46.9 Å². The van der Waals surface area contributed by atoms with Gasteiger partial charge < -0.3 is 9.88 Å². The van der Waals surface area contributed by atoms with Crippen molar-refractivity contribution in [3.05, 3.63) is 101 Å². The maximum absolute atomic E-state index is 12.6. The molecule has 1 atom stereocenters. The van der Waals surface area contributed by atoms with Gasteiger partial charge >= 0.3 is 0 Å². The number of nitrogens with one attached hydrogen (secondary N) is 1. The number of nitrogens with zero attached hydrogens (tertiary/aromatic N) is 2. The number of para-hydroxylation sites is 2. The lowest BCUT2D eigenvalue weighted by Crippen LogP contribution is -2.28. The molecule has 1 N–H and O–H groups in total. The van der Waals surface area contributed by atoms with E-state index >= 15 is 0 Å². The third-order valence-corrected chi connectivity index (χ3v) is 4.92. The Kier molecular flexibility index (Phi) is 5.13. The van der Waals surface area contributed by atoms with E-state index < -0.39 is 0 Å². The van der Waals surface area contributed by atoms with Gasteiger partial charge in [-0.3, -0.25) is 4.79 Å². The van der Waals surface area contributed by atoms with Crippen LogP contribution in [-0.2, 0) is 6.54 Å². The quantitative estimate of drug-likeness (QED) is 0.508. The highest BCUT2D eigenvalue weighted by Crippen LogP contribution is 2.23. The average molecular weight is 390 g/mol. The minimum atomic E-state index is -0.251. The van der Waals surface area contributed by atoms with Gasteiger partial charge in [0.25, 0.3) is 5.91 Å². The smallest absolute Gasteiger partial charge is 0.251 e. The molecule has 0 radical (unpaired) electrons. The Balaban J connectivity index is 1.68. The van der Waals surface area contributed by atoms with Crippen LogP contribution in [0.25, 0.3) is 11.0 Å². The van der Waals surface area contributed by atoms with E-state index in [0.29, 0.717) is 17.1 Å². The van der Waals surface area contributed by atoms with Crippen molar-refractivity contribution in [1.29, 1.82) is 0 Å². The number of amides is 1. The van der Waals surface area contributed by atoms with Crippen LogP contribution in [0, 0.1) is 0 Å². The summed E-state index contributed by atoms with van der Waals surface area (Å²) in [6.07, 6.45) is 0. The maximum Gasteiger partial charge on any atom is 0.251 e. The predicted octanol–water partition coefficient (Wildman–Crippen LogP) is 5.23. The summed E-state index contributed by atoms with van der Waals surface area (Å²) in [5.74, 6) is 0.694. The summed E-state index contributed by atoms with van der Waals surface area (Å²) in [6, 6.07) is 24.7. The van der Waals surface area contributed by atoms with Crippen molar-refractivity contribution in [1.82, 2.24) is 14.9 Å². The highest BCUT2D eigenvalue weighted by molar-refractivity contribution is 6.30. The van der Waals surface area contributed by atoms with Crippen LogP contribution in [0.1, 0.15) is 34.7 Å². The zero-order valence-corrected chi connectivity index (χ0v) is 16.2. The fourth-order valence-electron chi connectivity index (χ4n) is 3.34. The molecule has 1 heterocycles. The zero-order chi connectivity index (χ0) is 19.5. The van der Waals surface area contributed by atoms with Gasteiger partial charge in [0.15, 0.2) is 0 Å². The first-order valence-corrected chi connectivity index (χ1v) is 9.55. The summed E-state index contributed by atoms with van der Waals surface area (Å²) >= 11 is 6.16. The molecule has 0 aliphatic carbocycles. The Morgan fingerprint density at radius 3 is 2.57 bits per heavy atom. The number of hydrogen-bond donors (Lipinski definition) is 1. The van der Waals surface area contributed by atoms with Gasteiger partial charge in [-0.05, 0) is 48.9 Å². The van der Waals surface area contributed by atoms with Gasteiger partial charge in [0.2, 0.25) is 0 Å². The van der Waals surface area contributed by atoms with E-state index in [-0.39, 0.29) is 11.9 Å². The van der Waals surface area contributed by atoms with Gasteiger partial charge in [-0.15, -0.1) is 0 Å². The Labute approximate surface area is 168 Å². The first-order chi connectivity index (χ1) is 13.6. The Hall–Kier alpha value is -3.11. The second kappa shape index (κ2) is 7.87. The normalized spacial score (nSPS) is 12.1. The highest BCUT2D eigenvalue weighted by Gasteiger charge is 2.19. The molecule has 0 bridgehead atoms. The molecule has 0 aliphatic rings. The van der Waals surface area contributed by atoms with Crippen LogP contribution in [0.5, 0.6) is 0 Å². The molecule has 0 saturated carbocycles. The number of fused-ring (bicyclic) bond motifs is 1. The fraction of sp³-hybridized carbons (Fsp3) is 0.130. The highest BCUT2D eigenvalue weighted by atomic mass is 35.5. The molecular formula is C23H20ClN3O. The molecule has 1 unspecified atom stereocenters. The largest absolute Gasteiger partial charge is 0.342 e. The molecule has 5 heteroatoms. The van der Waals surface area contributed by atoms with Crippen molar-refractivity contribution in [2.45, 2.75) is 19.5 Å². The standard InChI is InChI=1S/C23H20ClN3O/c1-16(25-23(28)18-9-3-2-4-10-18)22-26-20-12-5-6-13-21(20)27(22)15-17-8-7-11-19(24)14-17/h2-14,16H,15H2,1H3,(H,25,28). The summed E-state index contributed by atoms with van der Waals surface area (Å²) in [6.45, 7) is 2.58. The minimum Gasteiger partial charge on any atom is -0.342 e. The maximum atomic E-state index is 12.6. The van der Waals surface area contributed by atoms with Gasteiger partial charge in [-0.2, -0.15) is 0 Å². The number of imidazole rings is 1. The lowest BCUT2D eigenvalue weighted by Gasteiger charge is -2.17. The number of aromatic nitrogens is 2. The summed E-state index contributed by atoms with van der Waals surface area (Å²) in [7, 11) is 0. The summed E-state index contributed by atoms with van der Waals surface area (Å²) in [5.41, 5.74) is 3.64. The number of halogens is 1.